The zero-order valence-electron chi connectivity index (χ0n) is 27.5. The highest BCUT2D eigenvalue weighted by molar-refractivity contribution is 6.29. The van der Waals surface area contributed by atoms with Crippen LogP contribution in [0.15, 0.2) is 176 Å². The lowest BCUT2D eigenvalue weighted by Gasteiger charge is -2.13. The molecule has 5 heterocycles. The van der Waals surface area contributed by atoms with E-state index >= 15 is 0 Å². The van der Waals surface area contributed by atoms with Crippen molar-refractivity contribution in [2.24, 2.45) is 0 Å². The van der Waals surface area contributed by atoms with Crippen LogP contribution < -0.4 is 0 Å². The Bertz CT molecular complexity index is 2820. The van der Waals surface area contributed by atoms with Gasteiger partial charge in [0.25, 0.3) is 0 Å². The summed E-state index contributed by atoms with van der Waals surface area (Å²) in [7, 11) is 0. The van der Waals surface area contributed by atoms with Crippen LogP contribution in [-0.2, 0) is 0 Å². The lowest BCUT2D eigenvalue weighted by molar-refractivity contribution is 1.18. The predicted molar refractivity (Wildman–Crippen MR) is 209 cm³/mol. The van der Waals surface area contributed by atoms with Crippen molar-refractivity contribution in [1.82, 2.24) is 24.5 Å². The summed E-state index contributed by atoms with van der Waals surface area (Å²) in [6, 6.07) is 57.1. The number of aromatic nitrogens is 5. The summed E-state index contributed by atoms with van der Waals surface area (Å²) in [5, 5.41) is 5.96. The first kappa shape index (κ1) is 29.0. The van der Waals surface area contributed by atoms with Crippen LogP contribution >= 0.6 is 0 Å². The number of nitrogens with zero attached hydrogens (tertiary/aromatic N) is 5. The summed E-state index contributed by atoms with van der Waals surface area (Å²) in [6.07, 6.45) is 3.60. The molecule has 0 saturated heterocycles. The third-order valence-corrected chi connectivity index (χ3v) is 9.69. The number of hydrogen-bond donors (Lipinski definition) is 0. The third kappa shape index (κ3) is 4.86. The van der Waals surface area contributed by atoms with E-state index in [1.807, 2.05) is 36.4 Å². The number of fused-ring (bicyclic) bond motifs is 7. The van der Waals surface area contributed by atoms with Gasteiger partial charge in [-0.3, -0.25) is 9.97 Å². The van der Waals surface area contributed by atoms with E-state index in [1.165, 1.54) is 27.2 Å². The van der Waals surface area contributed by atoms with Crippen molar-refractivity contribution in [3.8, 4) is 50.8 Å². The van der Waals surface area contributed by atoms with E-state index in [0.717, 1.165) is 67.1 Å². The molecule has 0 atom stereocenters. The molecule has 10 aromatic rings. The van der Waals surface area contributed by atoms with Crippen molar-refractivity contribution in [3.63, 3.8) is 0 Å². The normalized spacial score (nSPS) is 11.5. The second kappa shape index (κ2) is 11.9. The van der Waals surface area contributed by atoms with Crippen LogP contribution in [0, 0.1) is 0 Å². The van der Waals surface area contributed by atoms with Crippen molar-refractivity contribution in [1.29, 1.82) is 0 Å². The van der Waals surface area contributed by atoms with Crippen molar-refractivity contribution < 1.29 is 0 Å². The molecule has 0 amide bonds. The van der Waals surface area contributed by atoms with Crippen LogP contribution in [0.25, 0.3) is 94.3 Å². The summed E-state index contributed by atoms with van der Waals surface area (Å²) >= 11 is 0. The van der Waals surface area contributed by atoms with Gasteiger partial charge in [-0.05, 0) is 77.9 Å². The van der Waals surface area contributed by atoms with Crippen molar-refractivity contribution in [3.05, 3.63) is 176 Å². The van der Waals surface area contributed by atoms with E-state index in [1.54, 1.807) is 12.4 Å². The summed E-state index contributed by atoms with van der Waals surface area (Å²) in [4.78, 5) is 19.4. The highest BCUT2D eigenvalue weighted by Crippen LogP contribution is 2.42. The second-order valence-corrected chi connectivity index (χ2v) is 12.7. The molecule has 0 N–H and O–H groups in total. The van der Waals surface area contributed by atoms with Gasteiger partial charge in [0, 0.05) is 50.6 Å². The first-order chi connectivity index (χ1) is 25.3. The van der Waals surface area contributed by atoms with Crippen LogP contribution in [0.1, 0.15) is 0 Å². The van der Waals surface area contributed by atoms with Gasteiger partial charge in [0.1, 0.15) is 0 Å². The number of hydrogen-bond acceptors (Lipinski definition) is 4. The Morgan fingerprint density at radius 1 is 0.373 bits per heavy atom. The van der Waals surface area contributed by atoms with E-state index in [9.17, 15) is 0 Å². The minimum absolute atomic E-state index is 0.804. The molecule has 0 saturated carbocycles. The Morgan fingerprint density at radius 2 is 1.00 bits per heavy atom. The Labute approximate surface area is 294 Å². The van der Waals surface area contributed by atoms with E-state index < -0.39 is 0 Å². The number of benzene rings is 5. The van der Waals surface area contributed by atoms with Gasteiger partial charge in [-0.15, -0.1) is 0 Å². The molecule has 5 aromatic heterocycles. The van der Waals surface area contributed by atoms with E-state index in [4.69, 9.17) is 9.97 Å². The Kier molecular flexibility index (Phi) is 6.74. The van der Waals surface area contributed by atoms with Gasteiger partial charge in [-0.1, -0.05) is 97.1 Å². The molecule has 0 fully saturated rings. The molecular weight excluding hydrogens is 623 g/mol. The van der Waals surface area contributed by atoms with Crippen LogP contribution in [0.5, 0.6) is 0 Å². The average Bonchev–Trinajstić information content (AvgIpc) is 3.56. The van der Waals surface area contributed by atoms with Gasteiger partial charge >= 0.3 is 0 Å². The Balaban J connectivity index is 1.17. The van der Waals surface area contributed by atoms with Crippen molar-refractivity contribution in [2.75, 3.05) is 0 Å². The fourth-order valence-corrected chi connectivity index (χ4v) is 7.38. The first-order valence-electron chi connectivity index (χ1n) is 17.1. The molecule has 10 rings (SSSR count). The van der Waals surface area contributed by atoms with Crippen molar-refractivity contribution >= 4 is 43.5 Å². The lowest BCUT2D eigenvalue weighted by atomic mass is 9.95. The Hall–Kier alpha value is -6.98. The van der Waals surface area contributed by atoms with Gasteiger partial charge in [-0.2, -0.15) is 0 Å². The van der Waals surface area contributed by atoms with Gasteiger partial charge in [0.15, 0.2) is 0 Å². The molecular formula is C46H29N5. The van der Waals surface area contributed by atoms with Crippen LogP contribution in [0.3, 0.4) is 0 Å². The van der Waals surface area contributed by atoms with Gasteiger partial charge in [0.2, 0.25) is 0 Å². The molecule has 51 heavy (non-hydrogen) atoms. The quantitative estimate of drug-likeness (QED) is 0.174. The summed E-state index contributed by atoms with van der Waals surface area (Å²) < 4.78 is 2.38. The average molecular weight is 652 g/mol. The SMILES string of the molecule is c1ccc(-n2c3ccccc3c3c4c(ccc32)c(-c2ccc(-c3cc(-c5ccccn5)nc(-c5ccccn5)c3)cc2)nc2ccccc24)cc1. The van der Waals surface area contributed by atoms with Crippen LogP contribution in [-0.4, -0.2) is 24.5 Å². The highest BCUT2D eigenvalue weighted by Gasteiger charge is 2.19. The van der Waals surface area contributed by atoms with Gasteiger partial charge in [0.05, 0.1) is 45.0 Å². The Morgan fingerprint density at radius 3 is 1.71 bits per heavy atom. The van der Waals surface area contributed by atoms with E-state index in [0.29, 0.717) is 0 Å². The number of para-hydroxylation sites is 3. The summed E-state index contributed by atoms with van der Waals surface area (Å²) in [5.74, 6) is 0. The largest absolute Gasteiger partial charge is 0.309 e. The van der Waals surface area contributed by atoms with E-state index in [2.05, 4.69) is 142 Å². The first-order valence-corrected chi connectivity index (χ1v) is 17.1. The van der Waals surface area contributed by atoms with Crippen molar-refractivity contribution in [2.45, 2.75) is 0 Å². The molecule has 0 spiro atoms. The minimum atomic E-state index is 0.804. The fourth-order valence-electron chi connectivity index (χ4n) is 7.38. The molecule has 0 aliphatic heterocycles. The maximum Gasteiger partial charge on any atom is 0.0900 e. The van der Waals surface area contributed by atoms with Gasteiger partial charge < -0.3 is 4.57 Å². The third-order valence-electron chi connectivity index (χ3n) is 9.69. The molecule has 0 aliphatic rings. The maximum atomic E-state index is 5.30. The predicted octanol–water partition coefficient (Wildman–Crippen LogP) is 11.3. The zero-order chi connectivity index (χ0) is 33.7. The molecule has 0 unspecified atom stereocenters. The highest BCUT2D eigenvalue weighted by atomic mass is 15.0. The molecule has 5 aromatic carbocycles. The standard InChI is InChI=1S/C46H29N5/c1-2-12-33(13-3-1)51-42-19-7-5-15-35(42)45-43(51)25-24-36-44(45)34-14-4-6-16-37(34)50-46(36)31-22-20-30(21-23-31)32-28-40(38-17-8-10-26-47-38)49-41(29-32)39-18-9-11-27-48-39/h1-29H. The smallest absolute Gasteiger partial charge is 0.0900 e. The molecule has 5 nitrogen and oxygen atoms in total. The van der Waals surface area contributed by atoms with Crippen LogP contribution in [0.4, 0.5) is 0 Å². The molecule has 0 bridgehead atoms. The van der Waals surface area contributed by atoms with Crippen LogP contribution in [0.2, 0.25) is 0 Å². The molecule has 0 aliphatic carbocycles. The van der Waals surface area contributed by atoms with Gasteiger partial charge in [-0.25, -0.2) is 9.97 Å². The minimum Gasteiger partial charge on any atom is -0.309 e. The second-order valence-electron chi connectivity index (χ2n) is 12.7. The van der Waals surface area contributed by atoms with E-state index in [-0.39, 0.29) is 0 Å². The lowest BCUT2D eigenvalue weighted by Crippen LogP contribution is -1.94. The summed E-state index contributed by atoms with van der Waals surface area (Å²) in [6.45, 7) is 0. The number of rotatable bonds is 5. The fraction of sp³-hybridized carbons (Fsp3) is 0. The number of pyridine rings is 4. The summed E-state index contributed by atoms with van der Waals surface area (Å²) in [5.41, 5.74) is 11.9. The monoisotopic (exact) mass is 651 g/mol. The molecule has 5 heteroatoms. The topological polar surface area (TPSA) is 56.5 Å². The maximum absolute atomic E-state index is 5.30. The molecule has 238 valence electrons. The zero-order valence-corrected chi connectivity index (χ0v) is 27.5. The molecule has 0 radical (unpaired) electrons.